The molecule has 0 radical (unpaired) electrons. The van der Waals surface area contributed by atoms with Crippen LogP contribution in [0.5, 0.6) is 11.5 Å². The van der Waals surface area contributed by atoms with Crippen LogP contribution in [-0.4, -0.2) is 46.5 Å². The van der Waals surface area contributed by atoms with Crippen molar-refractivity contribution in [2.45, 2.75) is 18.7 Å². The van der Waals surface area contributed by atoms with E-state index in [4.69, 9.17) is 9.47 Å². The number of amides is 1. The van der Waals surface area contributed by atoms with E-state index >= 15 is 0 Å². The summed E-state index contributed by atoms with van der Waals surface area (Å²) < 4.78 is 38.6. The van der Waals surface area contributed by atoms with Crippen molar-refractivity contribution in [1.29, 1.82) is 0 Å². The first-order valence-corrected chi connectivity index (χ1v) is 11.9. The monoisotopic (exact) mass is 468 g/mol. The molecule has 0 aliphatic heterocycles. The number of nitrogens with zero attached hydrogens (tertiary/aromatic N) is 1. The van der Waals surface area contributed by atoms with E-state index in [1.807, 2.05) is 26.0 Å². The number of ether oxygens (including phenoxy) is 2. The first kappa shape index (κ1) is 24.1. The fourth-order valence-electron chi connectivity index (χ4n) is 3.29. The number of nitrogens with one attached hydrogen (secondary N) is 1. The highest BCUT2D eigenvalue weighted by Crippen LogP contribution is 2.20. The Morgan fingerprint density at radius 2 is 1.52 bits per heavy atom. The molecule has 0 heterocycles. The lowest BCUT2D eigenvalue weighted by Crippen LogP contribution is -2.30. The molecule has 0 unspecified atom stereocenters. The summed E-state index contributed by atoms with van der Waals surface area (Å²) in [7, 11) is -0.561. The predicted octanol–water partition coefficient (Wildman–Crippen LogP) is 4.26. The van der Waals surface area contributed by atoms with Crippen molar-refractivity contribution >= 4 is 21.6 Å². The molecule has 0 aliphatic rings. The quantitative estimate of drug-likeness (QED) is 0.507. The molecule has 0 bridgehead atoms. The number of methoxy groups -OCH3 is 1. The molecule has 0 atom stereocenters. The zero-order valence-corrected chi connectivity index (χ0v) is 20.0. The molecule has 33 heavy (non-hydrogen) atoms. The standard InChI is InChI=1S/C25H28N2O5S/c1-18-15-19(2)17-23(16-18)32-14-13-27(3)25(28)20-5-11-24(12-6-20)33(29,30)26-21-7-9-22(31-4)10-8-21/h5-12,15-17,26H,13-14H2,1-4H3. The number of hydrogen-bond acceptors (Lipinski definition) is 5. The van der Waals surface area contributed by atoms with Gasteiger partial charge in [-0.1, -0.05) is 6.07 Å². The van der Waals surface area contributed by atoms with Crippen molar-refractivity contribution in [2.24, 2.45) is 0 Å². The van der Waals surface area contributed by atoms with Crippen molar-refractivity contribution in [1.82, 2.24) is 4.90 Å². The van der Waals surface area contributed by atoms with Crippen molar-refractivity contribution in [3.8, 4) is 11.5 Å². The summed E-state index contributed by atoms with van der Waals surface area (Å²) in [6.45, 7) is 4.76. The van der Waals surface area contributed by atoms with Gasteiger partial charge in [-0.15, -0.1) is 0 Å². The van der Waals surface area contributed by atoms with Crippen LogP contribution in [0.15, 0.2) is 71.6 Å². The molecule has 3 aromatic carbocycles. The van der Waals surface area contributed by atoms with Crippen LogP contribution in [0.3, 0.4) is 0 Å². The van der Waals surface area contributed by atoms with Crippen LogP contribution in [-0.2, 0) is 10.0 Å². The third-order valence-electron chi connectivity index (χ3n) is 4.99. The average Bonchev–Trinajstić information content (AvgIpc) is 2.78. The molecule has 1 amide bonds. The zero-order chi connectivity index (χ0) is 24.0. The van der Waals surface area contributed by atoms with E-state index < -0.39 is 10.0 Å². The van der Waals surface area contributed by atoms with Gasteiger partial charge in [0.05, 0.1) is 18.6 Å². The van der Waals surface area contributed by atoms with Gasteiger partial charge in [-0.3, -0.25) is 9.52 Å². The molecule has 7 nitrogen and oxygen atoms in total. The lowest BCUT2D eigenvalue weighted by molar-refractivity contribution is 0.0773. The Hall–Kier alpha value is -3.52. The Bertz CT molecular complexity index is 1190. The molecule has 174 valence electrons. The Balaban J connectivity index is 1.58. The van der Waals surface area contributed by atoms with E-state index in [0.717, 1.165) is 16.9 Å². The van der Waals surface area contributed by atoms with Gasteiger partial charge in [0, 0.05) is 18.3 Å². The SMILES string of the molecule is COc1ccc(NS(=O)(=O)c2ccc(C(=O)N(C)CCOc3cc(C)cc(C)c3)cc2)cc1. The van der Waals surface area contributed by atoms with Crippen molar-refractivity contribution < 1.29 is 22.7 Å². The van der Waals surface area contributed by atoms with E-state index in [9.17, 15) is 13.2 Å². The van der Waals surface area contributed by atoms with Crippen LogP contribution in [0.25, 0.3) is 0 Å². The topological polar surface area (TPSA) is 84.9 Å². The van der Waals surface area contributed by atoms with Crippen LogP contribution in [0, 0.1) is 13.8 Å². The molecule has 0 aliphatic carbocycles. The molecule has 3 aromatic rings. The van der Waals surface area contributed by atoms with E-state index in [2.05, 4.69) is 10.8 Å². The van der Waals surface area contributed by atoms with Crippen LogP contribution in [0.4, 0.5) is 5.69 Å². The largest absolute Gasteiger partial charge is 0.497 e. The van der Waals surface area contributed by atoms with E-state index in [1.165, 1.54) is 31.4 Å². The van der Waals surface area contributed by atoms with Crippen LogP contribution in [0.2, 0.25) is 0 Å². The first-order valence-electron chi connectivity index (χ1n) is 10.4. The lowest BCUT2D eigenvalue weighted by atomic mass is 10.1. The minimum absolute atomic E-state index is 0.0654. The summed E-state index contributed by atoms with van der Waals surface area (Å²) in [5.74, 6) is 1.18. The highest BCUT2D eigenvalue weighted by Gasteiger charge is 2.17. The molecule has 8 heteroatoms. The maximum absolute atomic E-state index is 12.7. The number of benzene rings is 3. The smallest absolute Gasteiger partial charge is 0.261 e. The summed E-state index contributed by atoms with van der Waals surface area (Å²) in [5.41, 5.74) is 3.05. The Morgan fingerprint density at radius 3 is 2.09 bits per heavy atom. The second kappa shape index (κ2) is 10.4. The van der Waals surface area contributed by atoms with Gasteiger partial charge in [-0.25, -0.2) is 8.42 Å². The Labute approximate surface area is 195 Å². The number of sulfonamides is 1. The number of carbonyl (C=O) groups excluding carboxylic acids is 1. The maximum atomic E-state index is 12.7. The first-order chi connectivity index (χ1) is 15.7. The fourth-order valence-corrected chi connectivity index (χ4v) is 4.35. The van der Waals surface area contributed by atoms with E-state index in [1.54, 1.807) is 36.2 Å². The maximum Gasteiger partial charge on any atom is 0.261 e. The summed E-state index contributed by atoms with van der Waals surface area (Å²) in [6, 6.07) is 18.4. The molecule has 3 rings (SSSR count). The molecule has 0 spiro atoms. The number of carbonyl (C=O) groups is 1. The van der Waals surface area contributed by atoms with Crippen LogP contribution in [0.1, 0.15) is 21.5 Å². The number of aryl methyl sites for hydroxylation is 2. The van der Waals surface area contributed by atoms with Crippen LogP contribution >= 0.6 is 0 Å². The summed E-state index contributed by atoms with van der Waals surface area (Å²) in [6.07, 6.45) is 0. The Morgan fingerprint density at radius 1 is 0.909 bits per heavy atom. The minimum Gasteiger partial charge on any atom is -0.497 e. The summed E-state index contributed by atoms with van der Waals surface area (Å²) in [5, 5.41) is 0. The number of rotatable bonds is 9. The van der Waals surface area contributed by atoms with Gasteiger partial charge in [0.1, 0.15) is 18.1 Å². The third-order valence-corrected chi connectivity index (χ3v) is 6.39. The number of anilines is 1. The van der Waals surface area contributed by atoms with Gasteiger partial charge < -0.3 is 14.4 Å². The lowest BCUT2D eigenvalue weighted by Gasteiger charge is -2.18. The van der Waals surface area contributed by atoms with E-state index in [0.29, 0.717) is 30.2 Å². The predicted molar refractivity (Wildman–Crippen MR) is 129 cm³/mol. The highest BCUT2D eigenvalue weighted by molar-refractivity contribution is 7.92. The van der Waals surface area contributed by atoms with Gasteiger partial charge in [-0.05, 0) is 85.6 Å². The average molecular weight is 469 g/mol. The van der Waals surface area contributed by atoms with Crippen molar-refractivity contribution in [3.05, 3.63) is 83.4 Å². The normalized spacial score (nSPS) is 11.0. The highest BCUT2D eigenvalue weighted by atomic mass is 32.2. The second-order valence-electron chi connectivity index (χ2n) is 7.76. The van der Waals surface area contributed by atoms with Crippen molar-refractivity contribution in [2.75, 3.05) is 32.0 Å². The second-order valence-corrected chi connectivity index (χ2v) is 9.44. The number of likely N-dealkylation sites (N-methyl/N-ethyl adjacent to an activating group) is 1. The molecule has 1 N–H and O–H groups in total. The summed E-state index contributed by atoms with van der Waals surface area (Å²) >= 11 is 0. The third kappa shape index (κ3) is 6.49. The molecule has 0 aromatic heterocycles. The fraction of sp³-hybridized carbons (Fsp3) is 0.240. The molecular formula is C25H28N2O5S. The minimum atomic E-state index is -3.78. The van der Waals surface area contributed by atoms with Gasteiger partial charge in [0.2, 0.25) is 0 Å². The Kier molecular flexibility index (Phi) is 7.60. The molecule has 0 fully saturated rings. The van der Waals surface area contributed by atoms with Gasteiger partial charge in [0.15, 0.2) is 0 Å². The molecule has 0 saturated carbocycles. The number of hydrogen-bond donors (Lipinski definition) is 1. The molecular weight excluding hydrogens is 440 g/mol. The zero-order valence-electron chi connectivity index (χ0n) is 19.2. The van der Waals surface area contributed by atoms with Gasteiger partial charge in [0.25, 0.3) is 15.9 Å². The van der Waals surface area contributed by atoms with Gasteiger partial charge in [-0.2, -0.15) is 0 Å². The van der Waals surface area contributed by atoms with Crippen molar-refractivity contribution in [3.63, 3.8) is 0 Å². The van der Waals surface area contributed by atoms with Gasteiger partial charge >= 0.3 is 0 Å². The summed E-state index contributed by atoms with van der Waals surface area (Å²) in [4.78, 5) is 14.3. The molecule has 0 saturated heterocycles. The van der Waals surface area contributed by atoms with E-state index in [-0.39, 0.29) is 10.8 Å². The van der Waals surface area contributed by atoms with Crippen LogP contribution < -0.4 is 14.2 Å².